The summed E-state index contributed by atoms with van der Waals surface area (Å²) in [5.41, 5.74) is 0. The Bertz CT molecular complexity index is 212. The summed E-state index contributed by atoms with van der Waals surface area (Å²) in [6.07, 6.45) is 1.06. The zero-order valence-electron chi connectivity index (χ0n) is 9.20. The quantitative estimate of drug-likeness (QED) is 0.636. The van der Waals surface area contributed by atoms with Gasteiger partial charge in [-0.1, -0.05) is 0 Å². The van der Waals surface area contributed by atoms with Gasteiger partial charge >= 0.3 is 5.97 Å². The maximum Gasteiger partial charge on any atom is 0.308 e. The van der Waals surface area contributed by atoms with Crippen molar-refractivity contribution >= 4 is 5.97 Å². The lowest BCUT2D eigenvalue weighted by atomic mass is 10.1. The van der Waals surface area contributed by atoms with Gasteiger partial charge in [0.2, 0.25) is 0 Å². The Labute approximate surface area is 84.5 Å². The lowest BCUT2D eigenvalue weighted by Gasteiger charge is -2.39. The van der Waals surface area contributed by atoms with Gasteiger partial charge in [0, 0.05) is 6.42 Å². The number of methoxy groups -OCH3 is 1. The summed E-state index contributed by atoms with van der Waals surface area (Å²) in [4.78, 5) is 11.1. The van der Waals surface area contributed by atoms with E-state index < -0.39 is 5.79 Å². The molecule has 0 N–H and O–H groups in total. The van der Waals surface area contributed by atoms with E-state index in [4.69, 9.17) is 9.47 Å². The minimum atomic E-state index is -0.601. The number of esters is 1. The van der Waals surface area contributed by atoms with Crippen molar-refractivity contribution in [2.75, 3.05) is 7.11 Å². The van der Waals surface area contributed by atoms with Crippen molar-refractivity contribution in [2.45, 2.75) is 51.6 Å². The number of carbonyl (C=O) groups is 1. The van der Waals surface area contributed by atoms with Gasteiger partial charge in [-0.3, -0.25) is 4.79 Å². The second kappa shape index (κ2) is 4.28. The molecule has 1 heterocycles. The minimum Gasteiger partial charge on any atom is -0.469 e. The Kier molecular flexibility index (Phi) is 3.50. The second-order valence-corrected chi connectivity index (χ2v) is 4.08. The van der Waals surface area contributed by atoms with Gasteiger partial charge in [0.15, 0.2) is 5.79 Å². The first-order chi connectivity index (χ1) is 6.43. The highest BCUT2D eigenvalue weighted by molar-refractivity contribution is 5.69. The molecule has 1 aliphatic heterocycles. The number of rotatable bonds is 2. The molecule has 0 unspecified atom stereocenters. The molecule has 82 valence electrons. The van der Waals surface area contributed by atoms with E-state index in [1.807, 2.05) is 20.8 Å². The van der Waals surface area contributed by atoms with Crippen LogP contribution in [0.2, 0.25) is 0 Å². The van der Waals surface area contributed by atoms with Crippen LogP contribution in [0.1, 0.15) is 33.6 Å². The van der Waals surface area contributed by atoms with E-state index in [9.17, 15) is 4.79 Å². The van der Waals surface area contributed by atoms with Crippen LogP contribution in [0.4, 0.5) is 0 Å². The Balaban J connectivity index is 2.50. The Hall–Kier alpha value is -0.610. The van der Waals surface area contributed by atoms with Crippen molar-refractivity contribution in [3.05, 3.63) is 0 Å². The molecule has 4 heteroatoms. The van der Waals surface area contributed by atoms with Crippen LogP contribution >= 0.6 is 0 Å². The van der Waals surface area contributed by atoms with Gasteiger partial charge in [-0.2, -0.15) is 0 Å². The fraction of sp³-hybridized carbons (Fsp3) is 0.900. The maximum absolute atomic E-state index is 11.1. The standard InChI is InChI=1S/C10H18O4/c1-7-5-8(6-9(11)12-4)14-10(2,3)13-7/h7-8H,5-6H2,1-4H3/t7-,8+/m0/s1. The zero-order valence-corrected chi connectivity index (χ0v) is 9.20. The maximum atomic E-state index is 11.1. The van der Waals surface area contributed by atoms with Crippen LogP contribution in [0.25, 0.3) is 0 Å². The molecule has 1 rings (SSSR count). The fourth-order valence-electron chi connectivity index (χ4n) is 1.77. The average molecular weight is 202 g/mol. The van der Waals surface area contributed by atoms with Crippen molar-refractivity contribution in [3.8, 4) is 0 Å². The monoisotopic (exact) mass is 202 g/mol. The fourth-order valence-corrected chi connectivity index (χ4v) is 1.77. The molecule has 1 aliphatic rings. The summed E-state index contributed by atoms with van der Waals surface area (Å²) < 4.78 is 15.7. The third kappa shape index (κ3) is 3.27. The molecule has 4 nitrogen and oxygen atoms in total. The van der Waals surface area contributed by atoms with Gasteiger partial charge < -0.3 is 14.2 Å². The molecule has 0 amide bonds. The van der Waals surface area contributed by atoms with Gasteiger partial charge in [-0.15, -0.1) is 0 Å². The van der Waals surface area contributed by atoms with Gasteiger partial charge in [0.25, 0.3) is 0 Å². The molecule has 2 atom stereocenters. The number of hydrogen-bond acceptors (Lipinski definition) is 4. The van der Waals surface area contributed by atoms with Crippen LogP contribution in [0, 0.1) is 0 Å². The molecule has 14 heavy (non-hydrogen) atoms. The molecule has 0 aromatic rings. The van der Waals surface area contributed by atoms with Crippen LogP contribution in [0.5, 0.6) is 0 Å². The molecular formula is C10H18O4. The number of ether oxygens (including phenoxy) is 3. The third-order valence-electron chi connectivity index (χ3n) is 2.15. The summed E-state index contributed by atoms with van der Waals surface area (Å²) in [6, 6.07) is 0. The summed E-state index contributed by atoms with van der Waals surface area (Å²) >= 11 is 0. The Morgan fingerprint density at radius 2 is 2.14 bits per heavy atom. The smallest absolute Gasteiger partial charge is 0.308 e. The van der Waals surface area contributed by atoms with Crippen molar-refractivity contribution in [1.29, 1.82) is 0 Å². The highest BCUT2D eigenvalue weighted by Crippen LogP contribution is 2.27. The van der Waals surface area contributed by atoms with Gasteiger partial charge in [0.1, 0.15) is 0 Å². The van der Waals surface area contributed by atoms with Crippen LogP contribution in [0.3, 0.4) is 0 Å². The minimum absolute atomic E-state index is 0.0961. The highest BCUT2D eigenvalue weighted by atomic mass is 16.7. The van der Waals surface area contributed by atoms with Crippen molar-refractivity contribution in [1.82, 2.24) is 0 Å². The zero-order chi connectivity index (χ0) is 10.8. The molecule has 0 spiro atoms. The lowest BCUT2D eigenvalue weighted by molar-refractivity contribution is -0.296. The van der Waals surface area contributed by atoms with E-state index in [2.05, 4.69) is 4.74 Å². The van der Waals surface area contributed by atoms with Gasteiger partial charge in [0.05, 0.1) is 25.7 Å². The van der Waals surface area contributed by atoms with E-state index in [1.165, 1.54) is 7.11 Å². The summed E-state index contributed by atoms with van der Waals surface area (Å²) in [5.74, 6) is -0.837. The van der Waals surface area contributed by atoms with Crippen molar-refractivity contribution in [2.24, 2.45) is 0 Å². The van der Waals surface area contributed by atoms with E-state index in [0.717, 1.165) is 6.42 Å². The average Bonchev–Trinajstić information content (AvgIpc) is 1.99. The van der Waals surface area contributed by atoms with Crippen molar-refractivity contribution < 1.29 is 19.0 Å². The first-order valence-electron chi connectivity index (χ1n) is 4.85. The first kappa shape index (κ1) is 11.5. The predicted octanol–water partition coefficient (Wildman–Crippen LogP) is 1.48. The second-order valence-electron chi connectivity index (χ2n) is 4.08. The Morgan fingerprint density at radius 1 is 1.50 bits per heavy atom. The molecule has 0 aromatic carbocycles. The van der Waals surface area contributed by atoms with Gasteiger partial charge in [-0.05, 0) is 20.8 Å². The summed E-state index contributed by atoms with van der Waals surface area (Å²) in [7, 11) is 1.39. The summed E-state index contributed by atoms with van der Waals surface area (Å²) in [5, 5.41) is 0. The van der Waals surface area contributed by atoms with Crippen molar-refractivity contribution in [3.63, 3.8) is 0 Å². The van der Waals surface area contributed by atoms with E-state index in [1.54, 1.807) is 0 Å². The van der Waals surface area contributed by atoms with Crippen LogP contribution in [-0.4, -0.2) is 31.1 Å². The molecule has 0 radical (unpaired) electrons. The van der Waals surface area contributed by atoms with E-state index in [-0.39, 0.29) is 18.2 Å². The Morgan fingerprint density at radius 3 is 2.64 bits per heavy atom. The molecule has 0 saturated carbocycles. The highest BCUT2D eigenvalue weighted by Gasteiger charge is 2.34. The van der Waals surface area contributed by atoms with Crippen LogP contribution in [0.15, 0.2) is 0 Å². The van der Waals surface area contributed by atoms with E-state index in [0.29, 0.717) is 6.42 Å². The predicted molar refractivity (Wildman–Crippen MR) is 50.7 cm³/mol. The SMILES string of the molecule is COC(=O)C[C@H]1C[C@H](C)OC(C)(C)O1. The lowest BCUT2D eigenvalue weighted by Crippen LogP contribution is -2.44. The molecule has 0 aromatic heterocycles. The van der Waals surface area contributed by atoms with Crippen LogP contribution < -0.4 is 0 Å². The van der Waals surface area contributed by atoms with Crippen LogP contribution in [-0.2, 0) is 19.0 Å². The van der Waals surface area contributed by atoms with E-state index >= 15 is 0 Å². The largest absolute Gasteiger partial charge is 0.469 e. The summed E-state index contributed by atoms with van der Waals surface area (Å²) in [6.45, 7) is 5.69. The third-order valence-corrected chi connectivity index (χ3v) is 2.15. The normalized spacial score (nSPS) is 31.1. The first-order valence-corrected chi connectivity index (χ1v) is 4.85. The topological polar surface area (TPSA) is 44.8 Å². The number of hydrogen-bond donors (Lipinski definition) is 0. The molecular weight excluding hydrogens is 184 g/mol. The molecule has 0 aliphatic carbocycles. The molecule has 1 saturated heterocycles. The molecule has 0 bridgehead atoms. The molecule has 1 fully saturated rings. The number of carbonyl (C=O) groups excluding carboxylic acids is 1. The van der Waals surface area contributed by atoms with Gasteiger partial charge in [-0.25, -0.2) is 0 Å².